The molecule has 1 atom stereocenters. The van der Waals surface area contributed by atoms with Gasteiger partial charge in [0.1, 0.15) is 0 Å². The molecule has 4 heteroatoms. The molecule has 1 aromatic carbocycles. The van der Waals surface area contributed by atoms with Gasteiger partial charge in [-0.05, 0) is 19.4 Å². The Morgan fingerprint density at radius 2 is 2.19 bits per heavy atom. The molecule has 16 heavy (non-hydrogen) atoms. The Morgan fingerprint density at radius 1 is 1.50 bits per heavy atom. The van der Waals surface area contributed by atoms with E-state index in [9.17, 15) is 4.79 Å². The summed E-state index contributed by atoms with van der Waals surface area (Å²) in [6, 6.07) is 5.70. The number of hydrogen-bond acceptors (Lipinski definition) is 2. The summed E-state index contributed by atoms with van der Waals surface area (Å²) >= 11 is 0. The lowest BCUT2D eigenvalue weighted by Gasteiger charge is -2.09. The van der Waals surface area contributed by atoms with E-state index in [0.717, 1.165) is 22.2 Å². The van der Waals surface area contributed by atoms with Gasteiger partial charge in [0.05, 0.1) is 17.1 Å². The fraction of sp³-hybridized carbons (Fsp3) is 0.333. The molecule has 0 radical (unpaired) electrons. The van der Waals surface area contributed by atoms with Gasteiger partial charge in [-0.3, -0.25) is 9.48 Å². The number of nitrogens with zero attached hydrogens (tertiary/aromatic N) is 2. The molecule has 0 spiro atoms. The van der Waals surface area contributed by atoms with Gasteiger partial charge in [0.25, 0.3) is 0 Å². The predicted molar refractivity (Wildman–Crippen MR) is 61.5 cm³/mol. The molecule has 1 aromatic heterocycles. The second kappa shape index (κ2) is 3.63. The maximum absolute atomic E-state index is 11.0. The Balaban J connectivity index is 2.75. The highest BCUT2D eigenvalue weighted by Gasteiger charge is 2.19. The van der Waals surface area contributed by atoms with Gasteiger partial charge in [-0.15, -0.1) is 0 Å². The summed E-state index contributed by atoms with van der Waals surface area (Å²) in [4.78, 5) is 11.0. The first kappa shape index (κ1) is 10.7. The number of carboxylic acid groups (broad SMARTS) is 1. The zero-order valence-electron chi connectivity index (χ0n) is 9.56. The number of aromatic nitrogens is 2. The van der Waals surface area contributed by atoms with E-state index < -0.39 is 11.9 Å². The third-order valence-electron chi connectivity index (χ3n) is 2.92. The maximum atomic E-state index is 11.0. The van der Waals surface area contributed by atoms with Crippen LogP contribution in [-0.4, -0.2) is 20.9 Å². The minimum absolute atomic E-state index is 0.515. The smallest absolute Gasteiger partial charge is 0.310 e. The monoisotopic (exact) mass is 218 g/mol. The quantitative estimate of drug-likeness (QED) is 0.839. The van der Waals surface area contributed by atoms with Gasteiger partial charge in [0.15, 0.2) is 0 Å². The van der Waals surface area contributed by atoms with E-state index in [-0.39, 0.29) is 0 Å². The molecule has 0 fully saturated rings. The Labute approximate surface area is 93.5 Å². The Bertz CT molecular complexity index is 557. The summed E-state index contributed by atoms with van der Waals surface area (Å²) in [5.74, 6) is -1.33. The first-order valence-electron chi connectivity index (χ1n) is 5.17. The van der Waals surface area contributed by atoms with Crippen LogP contribution in [0.25, 0.3) is 10.9 Å². The van der Waals surface area contributed by atoms with Crippen molar-refractivity contribution < 1.29 is 9.90 Å². The lowest BCUT2D eigenvalue weighted by Crippen LogP contribution is -2.09. The summed E-state index contributed by atoms with van der Waals surface area (Å²) in [6.07, 6.45) is 0. The summed E-state index contributed by atoms with van der Waals surface area (Å²) in [7, 11) is 1.84. The fourth-order valence-corrected chi connectivity index (χ4v) is 2.03. The van der Waals surface area contributed by atoms with Crippen molar-refractivity contribution in [2.45, 2.75) is 19.8 Å². The van der Waals surface area contributed by atoms with Gasteiger partial charge in [-0.2, -0.15) is 5.10 Å². The van der Waals surface area contributed by atoms with Crippen molar-refractivity contribution in [1.82, 2.24) is 9.78 Å². The molecule has 0 bridgehead atoms. The average molecular weight is 218 g/mol. The van der Waals surface area contributed by atoms with E-state index in [2.05, 4.69) is 5.10 Å². The molecule has 0 aliphatic rings. The molecular formula is C12H14N2O2. The maximum Gasteiger partial charge on any atom is 0.310 e. The van der Waals surface area contributed by atoms with Gasteiger partial charge in [-0.25, -0.2) is 0 Å². The van der Waals surface area contributed by atoms with E-state index in [1.807, 2.05) is 32.2 Å². The molecule has 1 heterocycles. The van der Waals surface area contributed by atoms with E-state index in [1.54, 1.807) is 11.6 Å². The van der Waals surface area contributed by atoms with Crippen molar-refractivity contribution in [1.29, 1.82) is 0 Å². The van der Waals surface area contributed by atoms with Crippen LogP contribution in [0, 0.1) is 6.92 Å². The normalized spacial score (nSPS) is 12.9. The highest BCUT2D eigenvalue weighted by molar-refractivity contribution is 5.89. The van der Waals surface area contributed by atoms with Crippen molar-refractivity contribution >= 4 is 16.9 Å². The second-order valence-electron chi connectivity index (χ2n) is 4.01. The van der Waals surface area contributed by atoms with Crippen LogP contribution < -0.4 is 0 Å². The number of aliphatic carboxylic acids is 1. The van der Waals surface area contributed by atoms with Gasteiger partial charge in [0, 0.05) is 12.4 Å². The topological polar surface area (TPSA) is 55.1 Å². The van der Waals surface area contributed by atoms with Crippen LogP contribution in [0.4, 0.5) is 0 Å². The molecule has 1 N–H and O–H groups in total. The SMILES string of the molecule is Cc1nn(C)c2c(C(C)C(=O)O)cccc12. The van der Waals surface area contributed by atoms with Gasteiger partial charge in [-0.1, -0.05) is 18.2 Å². The molecule has 0 aliphatic heterocycles. The fourth-order valence-electron chi connectivity index (χ4n) is 2.03. The number of carboxylic acids is 1. The lowest BCUT2D eigenvalue weighted by molar-refractivity contribution is -0.138. The molecule has 1 unspecified atom stereocenters. The van der Waals surface area contributed by atoms with Gasteiger partial charge < -0.3 is 5.11 Å². The third-order valence-corrected chi connectivity index (χ3v) is 2.92. The lowest BCUT2D eigenvalue weighted by atomic mass is 9.98. The van der Waals surface area contributed by atoms with Crippen molar-refractivity contribution in [3.63, 3.8) is 0 Å². The second-order valence-corrected chi connectivity index (χ2v) is 4.01. The molecule has 4 nitrogen and oxygen atoms in total. The Hall–Kier alpha value is -1.84. The number of aryl methyl sites for hydroxylation is 2. The summed E-state index contributed by atoms with van der Waals surface area (Å²) in [5.41, 5.74) is 2.65. The number of rotatable bonds is 2. The standard InChI is InChI=1S/C12H14N2O2/c1-7(12(15)16)9-5-4-6-10-8(2)13-14(3)11(9)10/h4-7H,1-3H3,(H,15,16). The first-order valence-corrected chi connectivity index (χ1v) is 5.17. The van der Waals surface area contributed by atoms with Crippen LogP contribution in [0.1, 0.15) is 24.1 Å². The predicted octanol–water partition coefficient (Wildman–Crippen LogP) is 2.07. The van der Waals surface area contributed by atoms with E-state index in [0.29, 0.717) is 0 Å². The van der Waals surface area contributed by atoms with Crippen LogP contribution in [0.5, 0.6) is 0 Å². The zero-order valence-corrected chi connectivity index (χ0v) is 9.56. The number of fused-ring (bicyclic) bond motifs is 1. The number of hydrogen-bond donors (Lipinski definition) is 1. The summed E-state index contributed by atoms with van der Waals surface area (Å²) in [5, 5.41) is 14.4. The minimum atomic E-state index is -0.814. The van der Waals surface area contributed by atoms with Crippen molar-refractivity contribution in [2.75, 3.05) is 0 Å². The number of carbonyl (C=O) groups is 1. The Kier molecular flexibility index (Phi) is 2.42. The van der Waals surface area contributed by atoms with E-state index >= 15 is 0 Å². The zero-order chi connectivity index (χ0) is 11.9. The molecule has 0 saturated carbocycles. The van der Waals surface area contributed by atoms with E-state index in [4.69, 9.17) is 5.11 Å². The summed E-state index contributed by atoms with van der Waals surface area (Å²) < 4.78 is 1.75. The third kappa shape index (κ3) is 1.46. The number of para-hydroxylation sites is 1. The minimum Gasteiger partial charge on any atom is -0.481 e. The van der Waals surface area contributed by atoms with Gasteiger partial charge >= 0.3 is 5.97 Å². The van der Waals surface area contributed by atoms with Crippen LogP contribution in [0.15, 0.2) is 18.2 Å². The van der Waals surface area contributed by atoms with Gasteiger partial charge in [0.2, 0.25) is 0 Å². The van der Waals surface area contributed by atoms with Crippen LogP contribution >= 0.6 is 0 Å². The molecule has 0 saturated heterocycles. The van der Waals surface area contributed by atoms with E-state index in [1.165, 1.54) is 0 Å². The molecule has 2 rings (SSSR count). The van der Waals surface area contributed by atoms with Crippen molar-refractivity contribution in [2.24, 2.45) is 7.05 Å². The summed E-state index contributed by atoms with van der Waals surface area (Å²) in [6.45, 7) is 3.62. The number of benzene rings is 1. The van der Waals surface area contributed by atoms with Crippen LogP contribution in [0.2, 0.25) is 0 Å². The molecular weight excluding hydrogens is 204 g/mol. The van der Waals surface area contributed by atoms with Crippen LogP contribution in [-0.2, 0) is 11.8 Å². The largest absolute Gasteiger partial charge is 0.481 e. The highest BCUT2D eigenvalue weighted by Crippen LogP contribution is 2.27. The average Bonchev–Trinajstić information content (AvgIpc) is 2.54. The van der Waals surface area contributed by atoms with Crippen LogP contribution in [0.3, 0.4) is 0 Å². The highest BCUT2D eigenvalue weighted by atomic mass is 16.4. The molecule has 0 amide bonds. The molecule has 2 aromatic rings. The van der Waals surface area contributed by atoms with Crippen molar-refractivity contribution in [3.8, 4) is 0 Å². The Morgan fingerprint density at radius 3 is 2.81 bits per heavy atom. The van der Waals surface area contributed by atoms with Crippen molar-refractivity contribution in [3.05, 3.63) is 29.5 Å². The molecule has 84 valence electrons. The molecule has 0 aliphatic carbocycles. The first-order chi connectivity index (χ1) is 7.52.